The van der Waals surface area contributed by atoms with E-state index in [2.05, 4.69) is 5.32 Å². The van der Waals surface area contributed by atoms with Crippen LogP contribution in [0.15, 0.2) is 29.2 Å². The van der Waals surface area contributed by atoms with Crippen molar-refractivity contribution >= 4 is 27.6 Å². The number of benzene rings is 1. The van der Waals surface area contributed by atoms with Crippen LogP contribution in [0.3, 0.4) is 0 Å². The number of aliphatic carboxylic acids is 1. The number of nitro groups is 1. The van der Waals surface area contributed by atoms with Gasteiger partial charge in [0.05, 0.1) is 15.6 Å². The quantitative estimate of drug-likeness (QED) is 0.272. The standard InChI is InChI=1S/C15H21N3O8S/c16-8-2-1-3-13(14(19)20)17-15(21)26-9-10-27(24,25)12-6-4-11(5-7-12)18(22)23/h4-7,13H,1-3,8-10,16H2,(H,17,21)(H,19,20)/t13-/m0/s1. The molecule has 4 N–H and O–H groups in total. The van der Waals surface area contributed by atoms with Crippen LogP contribution < -0.4 is 11.1 Å². The van der Waals surface area contributed by atoms with Crippen LogP contribution in [0.5, 0.6) is 0 Å². The van der Waals surface area contributed by atoms with Gasteiger partial charge in [0.25, 0.3) is 5.69 Å². The van der Waals surface area contributed by atoms with Gasteiger partial charge in [0.1, 0.15) is 12.6 Å². The maximum Gasteiger partial charge on any atom is 0.407 e. The third kappa shape index (κ3) is 7.58. The van der Waals surface area contributed by atoms with Crippen LogP contribution in [0.4, 0.5) is 10.5 Å². The number of unbranched alkanes of at least 4 members (excludes halogenated alkanes) is 1. The SMILES string of the molecule is NCCCC[C@H](NC(=O)OCCS(=O)(=O)c1ccc([N+](=O)[O-])cc1)C(=O)O. The van der Waals surface area contributed by atoms with Crippen molar-refractivity contribution in [2.24, 2.45) is 5.73 Å². The second kappa shape index (κ2) is 10.4. The zero-order chi connectivity index (χ0) is 20.4. The molecule has 0 spiro atoms. The van der Waals surface area contributed by atoms with E-state index in [1.54, 1.807) is 0 Å². The number of hydrogen-bond donors (Lipinski definition) is 3. The topological polar surface area (TPSA) is 179 Å². The van der Waals surface area contributed by atoms with Crippen LogP contribution in [-0.4, -0.2) is 55.5 Å². The summed E-state index contributed by atoms with van der Waals surface area (Å²) in [5.41, 5.74) is 5.07. The van der Waals surface area contributed by atoms with Crippen LogP contribution >= 0.6 is 0 Å². The molecule has 12 heteroatoms. The van der Waals surface area contributed by atoms with E-state index >= 15 is 0 Å². The second-order valence-electron chi connectivity index (χ2n) is 5.53. The molecule has 1 aromatic rings. The van der Waals surface area contributed by atoms with Gasteiger partial charge in [0, 0.05) is 12.1 Å². The zero-order valence-electron chi connectivity index (χ0n) is 14.4. The van der Waals surface area contributed by atoms with Gasteiger partial charge in [-0.05, 0) is 37.9 Å². The Bertz CT molecular complexity index is 764. The fourth-order valence-corrected chi connectivity index (χ4v) is 3.16. The monoisotopic (exact) mass is 403 g/mol. The summed E-state index contributed by atoms with van der Waals surface area (Å²) in [6.07, 6.45) is 0.230. The molecule has 0 heterocycles. The van der Waals surface area contributed by atoms with Crippen molar-refractivity contribution in [2.75, 3.05) is 18.9 Å². The van der Waals surface area contributed by atoms with Crippen molar-refractivity contribution in [3.63, 3.8) is 0 Å². The number of carboxylic acid groups (broad SMARTS) is 1. The van der Waals surface area contributed by atoms with Gasteiger partial charge in [-0.2, -0.15) is 0 Å². The summed E-state index contributed by atoms with van der Waals surface area (Å²) in [7, 11) is -3.82. The minimum Gasteiger partial charge on any atom is -0.480 e. The lowest BCUT2D eigenvalue weighted by atomic mass is 10.1. The van der Waals surface area contributed by atoms with Gasteiger partial charge in [-0.1, -0.05) is 0 Å². The number of carbonyl (C=O) groups excluding carboxylic acids is 1. The van der Waals surface area contributed by atoms with Crippen LogP contribution in [0.25, 0.3) is 0 Å². The molecule has 1 atom stereocenters. The highest BCUT2D eigenvalue weighted by Crippen LogP contribution is 2.16. The van der Waals surface area contributed by atoms with Crippen molar-refractivity contribution in [1.29, 1.82) is 0 Å². The zero-order valence-corrected chi connectivity index (χ0v) is 15.2. The smallest absolute Gasteiger partial charge is 0.407 e. The first kappa shape index (κ1) is 22.3. The number of nitrogens with zero attached hydrogens (tertiary/aromatic N) is 1. The lowest BCUT2D eigenvalue weighted by Crippen LogP contribution is -2.41. The number of amides is 1. The third-order valence-corrected chi connectivity index (χ3v) is 5.22. The second-order valence-corrected chi connectivity index (χ2v) is 7.63. The predicted molar refractivity (Wildman–Crippen MR) is 94.0 cm³/mol. The van der Waals surface area contributed by atoms with E-state index in [1.807, 2.05) is 0 Å². The van der Waals surface area contributed by atoms with Crippen LogP contribution in [0.1, 0.15) is 19.3 Å². The largest absolute Gasteiger partial charge is 0.480 e. The summed E-state index contributed by atoms with van der Waals surface area (Å²) in [5, 5.41) is 21.8. The van der Waals surface area contributed by atoms with E-state index in [0.29, 0.717) is 19.4 Å². The maximum absolute atomic E-state index is 12.1. The van der Waals surface area contributed by atoms with E-state index in [9.17, 15) is 28.1 Å². The van der Waals surface area contributed by atoms with Gasteiger partial charge < -0.3 is 20.9 Å². The Hall–Kier alpha value is -2.73. The fraction of sp³-hybridized carbons (Fsp3) is 0.467. The molecule has 11 nitrogen and oxygen atoms in total. The Morgan fingerprint density at radius 2 is 1.89 bits per heavy atom. The highest BCUT2D eigenvalue weighted by Gasteiger charge is 2.21. The van der Waals surface area contributed by atoms with Gasteiger partial charge in [-0.3, -0.25) is 10.1 Å². The van der Waals surface area contributed by atoms with Gasteiger partial charge >= 0.3 is 12.1 Å². The first-order chi connectivity index (χ1) is 12.7. The summed E-state index contributed by atoms with van der Waals surface area (Å²) in [5.74, 6) is -1.79. The molecule has 0 bridgehead atoms. The van der Waals surface area contributed by atoms with Crippen LogP contribution in [0, 0.1) is 10.1 Å². The van der Waals surface area contributed by atoms with E-state index in [4.69, 9.17) is 15.6 Å². The summed E-state index contributed by atoms with van der Waals surface area (Å²) >= 11 is 0. The molecule has 1 aromatic carbocycles. The molecular weight excluding hydrogens is 382 g/mol. The fourth-order valence-electron chi connectivity index (χ4n) is 2.07. The first-order valence-electron chi connectivity index (χ1n) is 8.00. The number of carbonyl (C=O) groups is 2. The van der Waals surface area contributed by atoms with E-state index < -0.39 is 45.2 Å². The normalized spacial score (nSPS) is 12.2. The molecule has 0 aliphatic rings. The number of ether oxygens (including phenoxy) is 1. The van der Waals surface area contributed by atoms with Gasteiger partial charge in [0.2, 0.25) is 0 Å². The highest BCUT2D eigenvalue weighted by atomic mass is 32.2. The van der Waals surface area contributed by atoms with E-state index in [0.717, 1.165) is 24.3 Å². The van der Waals surface area contributed by atoms with Gasteiger partial charge in [-0.15, -0.1) is 0 Å². The first-order valence-corrected chi connectivity index (χ1v) is 9.66. The van der Waals surface area contributed by atoms with Crippen molar-refractivity contribution in [1.82, 2.24) is 5.32 Å². The Labute approximate surface area is 155 Å². The molecule has 27 heavy (non-hydrogen) atoms. The minimum atomic E-state index is -3.82. The number of alkyl carbamates (subject to hydrolysis) is 1. The predicted octanol–water partition coefficient (Wildman–Crippen LogP) is 0.677. The van der Waals surface area contributed by atoms with Crippen molar-refractivity contribution in [2.45, 2.75) is 30.2 Å². The van der Waals surface area contributed by atoms with Crippen molar-refractivity contribution in [3.05, 3.63) is 34.4 Å². The number of sulfone groups is 1. The lowest BCUT2D eigenvalue weighted by Gasteiger charge is -2.14. The Balaban J connectivity index is 2.53. The molecule has 0 fully saturated rings. The summed E-state index contributed by atoms with van der Waals surface area (Å²) in [6, 6.07) is 3.13. The maximum atomic E-state index is 12.1. The average molecular weight is 403 g/mol. The number of nitrogens with one attached hydrogen (secondary N) is 1. The Morgan fingerprint density at radius 3 is 2.41 bits per heavy atom. The summed E-state index contributed by atoms with van der Waals surface area (Å²) in [6.45, 7) is -0.0996. The molecule has 1 amide bonds. The third-order valence-electron chi connectivity index (χ3n) is 3.53. The van der Waals surface area contributed by atoms with Crippen LogP contribution in [0.2, 0.25) is 0 Å². The number of nitrogens with two attached hydrogens (primary N) is 1. The summed E-state index contributed by atoms with van der Waals surface area (Å²) < 4.78 is 28.9. The molecule has 150 valence electrons. The number of rotatable bonds is 11. The van der Waals surface area contributed by atoms with E-state index in [-0.39, 0.29) is 17.0 Å². The van der Waals surface area contributed by atoms with Gasteiger partial charge in [0.15, 0.2) is 9.84 Å². The average Bonchev–Trinajstić information content (AvgIpc) is 2.60. The molecule has 0 radical (unpaired) electrons. The lowest BCUT2D eigenvalue weighted by molar-refractivity contribution is -0.384. The molecular formula is C15H21N3O8S. The molecule has 1 rings (SSSR count). The van der Waals surface area contributed by atoms with Gasteiger partial charge in [-0.25, -0.2) is 18.0 Å². The van der Waals surface area contributed by atoms with E-state index in [1.165, 1.54) is 0 Å². The molecule has 0 aromatic heterocycles. The van der Waals surface area contributed by atoms with Crippen molar-refractivity contribution < 1.29 is 32.8 Å². The number of hydrogen-bond acceptors (Lipinski definition) is 8. The molecule has 0 aliphatic carbocycles. The number of nitro benzene ring substituents is 1. The molecule has 0 aliphatic heterocycles. The molecule has 0 saturated carbocycles. The number of carboxylic acids is 1. The Kier molecular flexibility index (Phi) is 8.62. The highest BCUT2D eigenvalue weighted by molar-refractivity contribution is 7.91. The minimum absolute atomic E-state index is 0.151. The molecule has 0 saturated heterocycles. The van der Waals surface area contributed by atoms with Crippen molar-refractivity contribution in [3.8, 4) is 0 Å². The number of non-ortho nitro benzene ring substituents is 1. The van der Waals surface area contributed by atoms with Crippen LogP contribution in [-0.2, 0) is 19.4 Å². The summed E-state index contributed by atoms with van der Waals surface area (Å²) in [4.78, 5) is 32.5. The molecule has 0 unspecified atom stereocenters. The Morgan fingerprint density at radius 1 is 1.26 bits per heavy atom.